The summed E-state index contributed by atoms with van der Waals surface area (Å²) < 4.78 is 0. The summed E-state index contributed by atoms with van der Waals surface area (Å²) in [4.78, 5) is 11.6. The number of hydrogen-bond donors (Lipinski definition) is 2. The molecule has 0 radical (unpaired) electrons. The highest BCUT2D eigenvalue weighted by molar-refractivity contribution is 5.81. The maximum Gasteiger partial charge on any atom is 0.237 e. The average Bonchev–Trinajstić information content (AvgIpc) is 2.01. The third-order valence-corrected chi connectivity index (χ3v) is 1.69. The highest BCUT2D eigenvalue weighted by atomic mass is 16.2. The number of amides is 1. The Balaban J connectivity index is 3.82. The summed E-state index contributed by atoms with van der Waals surface area (Å²) in [6.45, 7) is 12.2. The fourth-order valence-corrected chi connectivity index (χ4v) is 0.972. The van der Waals surface area contributed by atoms with Gasteiger partial charge in [0, 0.05) is 5.54 Å². The first-order chi connectivity index (χ1) is 6.37. The second-order valence-corrected chi connectivity index (χ2v) is 4.49. The average molecular weight is 198 g/mol. The predicted octanol–water partition coefficient (Wildman–Crippen LogP) is 1.46. The Kier molecular flexibility index (Phi) is 5.46. The van der Waals surface area contributed by atoms with Crippen LogP contribution in [0.2, 0.25) is 0 Å². The molecule has 3 heteroatoms. The van der Waals surface area contributed by atoms with E-state index in [0.29, 0.717) is 0 Å². The molecular weight excluding hydrogens is 176 g/mol. The van der Waals surface area contributed by atoms with Gasteiger partial charge in [0.1, 0.15) is 0 Å². The van der Waals surface area contributed by atoms with Crippen molar-refractivity contribution in [1.82, 2.24) is 10.6 Å². The summed E-state index contributed by atoms with van der Waals surface area (Å²) in [6, 6.07) is -0.144. The molecule has 1 atom stereocenters. The van der Waals surface area contributed by atoms with Crippen LogP contribution in [-0.4, -0.2) is 24.0 Å². The van der Waals surface area contributed by atoms with E-state index in [2.05, 4.69) is 17.2 Å². The summed E-state index contributed by atoms with van der Waals surface area (Å²) in [5.74, 6) is 0.0431. The summed E-state index contributed by atoms with van der Waals surface area (Å²) in [6.07, 6.45) is 2.72. The zero-order valence-electron chi connectivity index (χ0n) is 9.68. The topological polar surface area (TPSA) is 41.1 Å². The minimum absolute atomic E-state index is 0.0431. The zero-order valence-corrected chi connectivity index (χ0v) is 9.68. The van der Waals surface area contributed by atoms with E-state index in [1.165, 1.54) is 0 Å². The van der Waals surface area contributed by atoms with Gasteiger partial charge in [-0.15, -0.1) is 6.58 Å². The quantitative estimate of drug-likeness (QED) is 0.518. The third-order valence-electron chi connectivity index (χ3n) is 1.69. The largest absolute Gasteiger partial charge is 0.350 e. The van der Waals surface area contributed by atoms with Crippen LogP contribution in [0, 0.1) is 0 Å². The smallest absolute Gasteiger partial charge is 0.237 e. The fraction of sp³-hybridized carbons (Fsp3) is 0.727. The summed E-state index contributed by atoms with van der Waals surface area (Å²) in [5.41, 5.74) is -0.161. The van der Waals surface area contributed by atoms with Crippen LogP contribution in [0.15, 0.2) is 12.7 Å². The Bertz CT molecular complexity index is 194. The molecule has 0 rings (SSSR count). The molecule has 0 spiro atoms. The van der Waals surface area contributed by atoms with E-state index in [1.807, 2.05) is 33.8 Å². The first kappa shape index (κ1) is 13.2. The van der Waals surface area contributed by atoms with E-state index in [9.17, 15) is 4.79 Å². The molecule has 0 fully saturated rings. The molecule has 0 bridgehead atoms. The van der Waals surface area contributed by atoms with E-state index in [1.54, 1.807) is 0 Å². The lowest BCUT2D eigenvalue weighted by molar-refractivity contribution is -0.124. The van der Waals surface area contributed by atoms with Crippen LogP contribution >= 0.6 is 0 Å². The molecule has 0 aromatic rings. The van der Waals surface area contributed by atoms with E-state index in [-0.39, 0.29) is 17.5 Å². The second-order valence-electron chi connectivity index (χ2n) is 4.49. The Hall–Kier alpha value is -0.830. The Morgan fingerprint density at radius 1 is 1.50 bits per heavy atom. The van der Waals surface area contributed by atoms with Gasteiger partial charge >= 0.3 is 0 Å². The lowest BCUT2D eigenvalue weighted by atomic mass is 10.1. The first-order valence-electron chi connectivity index (χ1n) is 5.03. The van der Waals surface area contributed by atoms with Crippen LogP contribution in [-0.2, 0) is 4.79 Å². The van der Waals surface area contributed by atoms with Crippen molar-refractivity contribution in [3.8, 4) is 0 Å². The van der Waals surface area contributed by atoms with Gasteiger partial charge in [-0.1, -0.05) is 6.08 Å². The normalized spacial score (nSPS) is 13.4. The number of hydrogen-bond acceptors (Lipinski definition) is 2. The predicted molar refractivity (Wildman–Crippen MR) is 60.2 cm³/mol. The molecule has 0 heterocycles. The van der Waals surface area contributed by atoms with Crippen molar-refractivity contribution in [2.75, 3.05) is 6.54 Å². The van der Waals surface area contributed by atoms with E-state index in [0.717, 1.165) is 13.0 Å². The van der Waals surface area contributed by atoms with Gasteiger partial charge in [-0.05, 0) is 40.7 Å². The number of carbonyl (C=O) groups excluding carboxylic acids is 1. The number of rotatable bonds is 5. The van der Waals surface area contributed by atoms with Gasteiger partial charge in [-0.25, -0.2) is 0 Å². The van der Waals surface area contributed by atoms with Gasteiger partial charge in [0.05, 0.1) is 6.04 Å². The lowest BCUT2D eigenvalue weighted by Gasteiger charge is -2.23. The molecule has 1 unspecified atom stereocenters. The molecule has 0 aliphatic rings. The highest BCUT2D eigenvalue weighted by Gasteiger charge is 2.18. The van der Waals surface area contributed by atoms with Crippen molar-refractivity contribution in [1.29, 1.82) is 0 Å². The third kappa shape index (κ3) is 6.66. The van der Waals surface area contributed by atoms with Crippen molar-refractivity contribution < 1.29 is 4.79 Å². The molecule has 0 saturated carbocycles. The van der Waals surface area contributed by atoms with Crippen LogP contribution in [0.25, 0.3) is 0 Å². The molecule has 0 aromatic heterocycles. The Morgan fingerprint density at radius 3 is 2.50 bits per heavy atom. The zero-order chi connectivity index (χ0) is 11.2. The Morgan fingerprint density at radius 2 is 2.07 bits per heavy atom. The van der Waals surface area contributed by atoms with Gasteiger partial charge in [0.15, 0.2) is 0 Å². The van der Waals surface area contributed by atoms with Gasteiger partial charge in [0.2, 0.25) is 5.91 Å². The summed E-state index contributed by atoms with van der Waals surface area (Å²) in [7, 11) is 0. The van der Waals surface area contributed by atoms with Gasteiger partial charge in [0.25, 0.3) is 0 Å². The van der Waals surface area contributed by atoms with Crippen molar-refractivity contribution in [2.45, 2.75) is 45.7 Å². The van der Waals surface area contributed by atoms with Crippen molar-refractivity contribution in [3.63, 3.8) is 0 Å². The first-order valence-corrected chi connectivity index (χ1v) is 5.03. The molecular formula is C11H22N2O. The number of nitrogens with one attached hydrogen (secondary N) is 2. The van der Waals surface area contributed by atoms with Crippen molar-refractivity contribution >= 4 is 5.91 Å². The fourth-order valence-electron chi connectivity index (χ4n) is 0.972. The maximum atomic E-state index is 11.6. The lowest BCUT2D eigenvalue weighted by Crippen LogP contribution is -2.49. The molecule has 0 aliphatic carbocycles. The van der Waals surface area contributed by atoms with Crippen LogP contribution < -0.4 is 10.6 Å². The maximum absolute atomic E-state index is 11.6. The van der Waals surface area contributed by atoms with Crippen LogP contribution in [0.3, 0.4) is 0 Å². The standard InChI is InChI=1S/C11H22N2O/c1-6-7-8-12-9(2)10(14)13-11(3,4)5/h6,9,12H,1,7-8H2,2-5H3,(H,13,14). The minimum Gasteiger partial charge on any atom is -0.350 e. The van der Waals surface area contributed by atoms with Crippen molar-refractivity contribution in [3.05, 3.63) is 12.7 Å². The monoisotopic (exact) mass is 198 g/mol. The van der Waals surface area contributed by atoms with Gasteiger partial charge in [-0.3, -0.25) is 4.79 Å². The van der Waals surface area contributed by atoms with E-state index < -0.39 is 0 Å². The molecule has 3 nitrogen and oxygen atoms in total. The molecule has 82 valence electrons. The van der Waals surface area contributed by atoms with Crippen LogP contribution in [0.5, 0.6) is 0 Å². The summed E-state index contributed by atoms with van der Waals surface area (Å²) >= 11 is 0. The highest BCUT2D eigenvalue weighted by Crippen LogP contribution is 1.99. The van der Waals surface area contributed by atoms with Gasteiger partial charge in [-0.2, -0.15) is 0 Å². The molecule has 1 amide bonds. The van der Waals surface area contributed by atoms with E-state index in [4.69, 9.17) is 0 Å². The SMILES string of the molecule is C=CCCNC(C)C(=O)NC(C)(C)C. The Labute approximate surface area is 87.0 Å². The molecule has 0 saturated heterocycles. The molecule has 14 heavy (non-hydrogen) atoms. The molecule has 2 N–H and O–H groups in total. The van der Waals surface area contributed by atoms with Crippen molar-refractivity contribution in [2.24, 2.45) is 0 Å². The molecule has 0 aromatic carbocycles. The van der Waals surface area contributed by atoms with E-state index >= 15 is 0 Å². The van der Waals surface area contributed by atoms with Crippen LogP contribution in [0.4, 0.5) is 0 Å². The molecule has 0 aliphatic heterocycles. The number of carbonyl (C=O) groups is 1. The summed E-state index contributed by atoms with van der Waals surface area (Å²) in [5, 5.41) is 6.04. The minimum atomic E-state index is -0.161. The second kappa shape index (κ2) is 5.81. The van der Waals surface area contributed by atoms with Gasteiger partial charge < -0.3 is 10.6 Å². The van der Waals surface area contributed by atoms with Crippen LogP contribution in [0.1, 0.15) is 34.1 Å².